The first-order chi connectivity index (χ1) is 4.75. The molecule has 0 saturated heterocycles. The maximum atomic E-state index is 5.01. The Labute approximate surface area is 69.6 Å². The molecular formula is C9H10Cu. The van der Waals surface area contributed by atoms with Gasteiger partial charge in [-0.3, -0.25) is 0 Å². The third-order valence-electron chi connectivity index (χ3n) is 1.63. The van der Waals surface area contributed by atoms with Crippen LogP contribution in [0, 0.1) is 13.8 Å². The molecule has 0 spiro atoms. The Morgan fingerprint density at radius 3 is 2.00 bits per heavy atom. The minimum atomic E-state index is 1.18. The fraction of sp³-hybridized carbons (Fsp3) is 0.222. The molecule has 0 aliphatic carbocycles. The molecule has 0 heterocycles. The fourth-order valence-corrected chi connectivity index (χ4v) is 1.39. The Hall–Kier alpha value is -0.391. The second kappa shape index (κ2) is 3.14. The third-order valence-corrected chi connectivity index (χ3v) is 1.90. The summed E-state index contributed by atoms with van der Waals surface area (Å²) in [6.45, 7) is 4.14. The molecule has 0 fully saturated rings. The monoisotopic (exact) mass is 181 g/mol. The van der Waals surface area contributed by atoms with E-state index in [1.165, 1.54) is 16.7 Å². The third kappa shape index (κ3) is 1.36. The van der Waals surface area contributed by atoms with Crippen molar-refractivity contribution in [2.24, 2.45) is 0 Å². The van der Waals surface area contributed by atoms with Gasteiger partial charge in [0.2, 0.25) is 0 Å². The second-order valence-electron chi connectivity index (χ2n) is 2.39. The van der Waals surface area contributed by atoms with Gasteiger partial charge in [-0.25, -0.2) is 0 Å². The van der Waals surface area contributed by atoms with Gasteiger partial charge in [0, 0.05) is 0 Å². The second-order valence-corrected chi connectivity index (χ2v) is 2.66. The summed E-state index contributed by atoms with van der Waals surface area (Å²) in [7, 11) is 0. The van der Waals surface area contributed by atoms with Crippen LogP contribution in [0.4, 0.5) is 0 Å². The van der Waals surface area contributed by atoms with Gasteiger partial charge in [-0.15, -0.1) is 0 Å². The number of hydrogen-bond acceptors (Lipinski definition) is 0. The van der Waals surface area contributed by atoms with E-state index in [2.05, 4.69) is 26.0 Å². The first-order valence-electron chi connectivity index (χ1n) is 3.21. The topological polar surface area (TPSA) is 0 Å². The molecule has 0 N–H and O–H groups in total. The van der Waals surface area contributed by atoms with Crippen LogP contribution in [0.15, 0.2) is 18.2 Å². The van der Waals surface area contributed by atoms with Gasteiger partial charge < -0.3 is 0 Å². The fourth-order valence-electron chi connectivity index (χ4n) is 0.965. The molecule has 0 bridgehead atoms. The molecule has 0 amide bonds. The molecule has 0 aromatic heterocycles. The van der Waals surface area contributed by atoms with Crippen molar-refractivity contribution in [3.8, 4) is 0 Å². The van der Waals surface area contributed by atoms with Crippen molar-refractivity contribution in [1.29, 1.82) is 0 Å². The van der Waals surface area contributed by atoms with E-state index in [9.17, 15) is 0 Å². The molecule has 1 rings (SSSR count). The molecule has 0 nitrogen and oxygen atoms in total. The van der Waals surface area contributed by atoms with E-state index in [0.29, 0.717) is 0 Å². The van der Waals surface area contributed by atoms with Crippen LogP contribution in [-0.4, -0.2) is 4.92 Å². The van der Waals surface area contributed by atoms with Gasteiger partial charge >= 0.3 is 69.2 Å². The molecule has 0 aliphatic rings. The zero-order valence-corrected chi connectivity index (χ0v) is 7.05. The van der Waals surface area contributed by atoms with Crippen LogP contribution in [0.3, 0.4) is 0 Å². The van der Waals surface area contributed by atoms with Crippen molar-refractivity contribution in [3.05, 3.63) is 34.9 Å². The molecule has 1 heteroatoms. The first kappa shape index (κ1) is 7.71. The van der Waals surface area contributed by atoms with Crippen LogP contribution in [-0.2, 0) is 15.6 Å². The normalized spacial score (nSPS) is 9.60. The average Bonchev–Trinajstić information content (AvgIpc) is 1.88. The summed E-state index contributed by atoms with van der Waals surface area (Å²) in [6, 6.07) is 6.19. The summed E-state index contributed by atoms with van der Waals surface area (Å²) >= 11 is 5.01. The molecule has 0 unspecified atom stereocenters. The Morgan fingerprint density at radius 1 is 1.20 bits per heavy atom. The van der Waals surface area contributed by atoms with E-state index in [-0.39, 0.29) is 0 Å². The van der Waals surface area contributed by atoms with E-state index in [4.69, 9.17) is 15.6 Å². The van der Waals surface area contributed by atoms with E-state index >= 15 is 0 Å². The predicted octanol–water partition coefficient (Wildman–Crippen LogP) is 2.00. The minimum absolute atomic E-state index is 1.18. The van der Waals surface area contributed by atoms with Crippen molar-refractivity contribution in [1.82, 2.24) is 0 Å². The van der Waals surface area contributed by atoms with Crippen molar-refractivity contribution >= 4 is 4.92 Å². The zero-order chi connectivity index (χ0) is 7.56. The van der Waals surface area contributed by atoms with Gasteiger partial charge in [0.25, 0.3) is 0 Å². The van der Waals surface area contributed by atoms with Crippen molar-refractivity contribution < 1.29 is 15.6 Å². The number of rotatable bonds is 1. The molecule has 0 radical (unpaired) electrons. The number of hydrogen-bond donors (Lipinski definition) is 0. The van der Waals surface area contributed by atoms with Gasteiger partial charge in [-0.1, -0.05) is 0 Å². The van der Waals surface area contributed by atoms with Crippen LogP contribution in [0.1, 0.15) is 16.7 Å². The zero-order valence-electron chi connectivity index (χ0n) is 6.11. The molecule has 0 aliphatic heterocycles. The summed E-state index contributed by atoms with van der Waals surface area (Å²) < 4.78 is 0. The molecule has 10 heavy (non-hydrogen) atoms. The van der Waals surface area contributed by atoms with Gasteiger partial charge in [-0.05, 0) is 0 Å². The van der Waals surface area contributed by atoms with Gasteiger partial charge in [0.05, 0.1) is 0 Å². The number of benzene rings is 1. The molecule has 1 aromatic carbocycles. The van der Waals surface area contributed by atoms with Crippen LogP contribution in [0.25, 0.3) is 0 Å². The molecular weight excluding hydrogens is 172 g/mol. The van der Waals surface area contributed by atoms with E-state index in [0.717, 1.165) is 0 Å². The van der Waals surface area contributed by atoms with E-state index in [1.807, 2.05) is 6.07 Å². The Balaban J connectivity index is 3.30. The van der Waals surface area contributed by atoms with E-state index < -0.39 is 0 Å². The molecule has 57 valence electrons. The number of aryl methyl sites for hydroxylation is 2. The summed E-state index contributed by atoms with van der Waals surface area (Å²) in [4.78, 5) is 1.72. The van der Waals surface area contributed by atoms with Gasteiger partial charge in [0.1, 0.15) is 0 Å². The molecule has 0 saturated carbocycles. The van der Waals surface area contributed by atoms with Gasteiger partial charge in [0.15, 0.2) is 0 Å². The Morgan fingerprint density at radius 2 is 1.70 bits per heavy atom. The molecule has 0 atom stereocenters. The first-order valence-corrected chi connectivity index (χ1v) is 3.75. The molecule has 1 aromatic rings. The SMILES string of the molecule is Cc1cccc(C)c1[CH]=[Cu]. The Bertz CT molecular complexity index is 231. The van der Waals surface area contributed by atoms with Gasteiger partial charge in [-0.2, -0.15) is 0 Å². The standard InChI is InChI=1S/C9H10.Cu/c1-7-5-4-6-8(2)9(7)3;/h3-6H,1-2H3;. The van der Waals surface area contributed by atoms with E-state index in [1.54, 1.807) is 4.92 Å². The predicted molar refractivity (Wildman–Crippen MR) is 41.1 cm³/mol. The van der Waals surface area contributed by atoms with Crippen molar-refractivity contribution in [2.45, 2.75) is 13.8 Å². The van der Waals surface area contributed by atoms with Crippen molar-refractivity contribution in [2.75, 3.05) is 0 Å². The Kier molecular flexibility index (Phi) is 2.42. The summed E-state index contributed by atoms with van der Waals surface area (Å²) in [5.41, 5.74) is 3.69. The van der Waals surface area contributed by atoms with Crippen LogP contribution in [0.5, 0.6) is 0 Å². The summed E-state index contributed by atoms with van der Waals surface area (Å²) in [5.74, 6) is 0. The average molecular weight is 182 g/mol. The van der Waals surface area contributed by atoms with Crippen molar-refractivity contribution in [3.63, 3.8) is 0 Å². The summed E-state index contributed by atoms with van der Waals surface area (Å²) in [6.07, 6.45) is 0. The van der Waals surface area contributed by atoms with Crippen LogP contribution >= 0.6 is 0 Å². The van der Waals surface area contributed by atoms with Crippen LogP contribution < -0.4 is 0 Å². The quantitative estimate of drug-likeness (QED) is 0.582. The maximum absolute atomic E-state index is 5.01. The summed E-state index contributed by atoms with van der Waals surface area (Å²) in [5, 5.41) is 0. The van der Waals surface area contributed by atoms with Crippen LogP contribution in [0.2, 0.25) is 0 Å².